The van der Waals surface area contributed by atoms with Gasteiger partial charge in [-0.3, -0.25) is 0 Å². The molecule has 0 atom stereocenters. The zero-order chi connectivity index (χ0) is 12.6. The molecule has 0 unspecified atom stereocenters. The van der Waals surface area contributed by atoms with Gasteiger partial charge in [-0.15, -0.1) is 0 Å². The fourth-order valence-corrected chi connectivity index (χ4v) is 1.66. The minimum Gasteiger partial charge on any atom is -0.398 e. The number of nitrogens with two attached hydrogens (primary N) is 1. The second-order valence-electron chi connectivity index (χ2n) is 3.78. The predicted molar refractivity (Wildman–Crippen MR) is 60.9 cm³/mol. The van der Waals surface area contributed by atoms with Crippen LogP contribution in [0.2, 0.25) is 0 Å². The summed E-state index contributed by atoms with van der Waals surface area (Å²) in [6.45, 7) is 1.53. The Morgan fingerprint density at radius 1 is 1.00 bits per heavy atom. The third-order valence-electron chi connectivity index (χ3n) is 2.57. The normalized spacial score (nSPS) is 10.6. The molecule has 88 valence electrons. The third kappa shape index (κ3) is 1.98. The number of nitrogen functional groups attached to an aromatic ring is 1. The van der Waals surface area contributed by atoms with Crippen LogP contribution < -0.4 is 5.73 Å². The zero-order valence-electron chi connectivity index (χ0n) is 9.10. The molecule has 0 saturated heterocycles. The number of hydrogen-bond donors (Lipinski definition) is 1. The molecule has 0 saturated carbocycles. The number of rotatable bonds is 1. The molecule has 0 aromatic heterocycles. The van der Waals surface area contributed by atoms with E-state index in [9.17, 15) is 13.2 Å². The van der Waals surface area contributed by atoms with Crippen LogP contribution in [0.25, 0.3) is 11.1 Å². The summed E-state index contributed by atoms with van der Waals surface area (Å²) in [6.07, 6.45) is 0. The van der Waals surface area contributed by atoms with Gasteiger partial charge in [-0.05, 0) is 36.8 Å². The van der Waals surface area contributed by atoms with Crippen molar-refractivity contribution in [2.24, 2.45) is 0 Å². The molecule has 0 aliphatic heterocycles. The van der Waals surface area contributed by atoms with Crippen LogP contribution in [0, 0.1) is 24.4 Å². The van der Waals surface area contributed by atoms with E-state index in [1.807, 2.05) is 0 Å². The smallest absolute Gasteiger partial charge is 0.136 e. The van der Waals surface area contributed by atoms with E-state index in [1.165, 1.54) is 19.1 Å². The highest BCUT2D eigenvalue weighted by Gasteiger charge is 2.15. The van der Waals surface area contributed by atoms with Gasteiger partial charge in [0.2, 0.25) is 0 Å². The Labute approximate surface area is 96.7 Å². The molecule has 0 bridgehead atoms. The van der Waals surface area contributed by atoms with E-state index >= 15 is 0 Å². The maximum Gasteiger partial charge on any atom is 0.136 e. The number of aryl methyl sites for hydroxylation is 1. The van der Waals surface area contributed by atoms with E-state index in [0.29, 0.717) is 5.56 Å². The van der Waals surface area contributed by atoms with Gasteiger partial charge in [-0.2, -0.15) is 0 Å². The van der Waals surface area contributed by atoms with Gasteiger partial charge in [0.05, 0.1) is 5.56 Å². The SMILES string of the molecule is Cc1ccc(F)c(-c2ccc(F)cc2N)c1F. The lowest BCUT2D eigenvalue weighted by Crippen LogP contribution is -1.97. The van der Waals surface area contributed by atoms with Crippen LogP contribution in [0.15, 0.2) is 30.3 Å². The van der Waals surface area contributed by atoms with E-state index in [1.54, 1.807) is 0 Å². The van der Waals surface area contributed by atoms with Crippen molar-refractivity contribution in [3.8, 4) is 11.1 Å². The van der Waals surface area contributed by atoms with E-state index in [4.69, 9.17) is 5.73 Å². The molecular formula is C13H10F3N. The minimum atomic E-state index is -0.716. The van der Waals surface area contributed by atoms with Crippen LogP contribution in [0.1, 0.15) is 5.56 Å². The highest BCUT2D eigenvalue weighted by atomic mass is 19.1. The average molecular weight is 237 g/mol. The summed E-state index contributed by atoms with van der Waals surface area (Å²) in [4.78, 5) is 0. The molecule has 1 nitrogen and oxygen atoms in total. The first-order valence-corrected chi connectivity index (χ1v) is 5.00. The van der Waals surface area contributed by atoms with E-state index in [0.717, 1.165) is 18.2 Å². The standard InChI is InChI=1S/C13H10F3N/c1-7-2-5-10(15)12(13(7)16)9-4-3-8(14)6-11(9)17/h2-6H,17H2,1H3. The lowest BCUT2D eigenvalue weighted by Gasteiger charge is -2.10. The summed E-state index contributed by atoms with van der Waals surface area (Å²) < 4.78 is 40.3. The molecule has 0 fully saturated rings. The Kier molecular flexibility index (Phi) is 2.79. The Hall–Kier alpha value is -1.97. The van der Waals surface area contributed by atoms with Gasteiger partial charge in [-0.1, -0.05) is 6.07 Å². The molecule has 0 heterocycles. The van der Waals surface area contributed by atoms with Crippen molar-refractivity contribution in [3.05, 3.63) is 53.3 Å². The van der Waals surface area contributed by atoms with Crippen LogP contribution in [0.3, 0.4) is 0 Å². The first-order valence-electron chi connectivity index (χ1n) is 5.00. The maximum atomic E-state index is 13.8. The number of benzene rings is 2. The van der Waals surface area contributed by atoms with Crippen LogP contribution in [0.4, 0.5) is 18.9 Å². The van der Waals surface area contributed by atoms with Gasteiger partial charge >= 0.3 is 0 Å². The number of hydrogen-bond acceptors (Lipinski definition) is 1. The second kappa shape index (κ2) is 4.13. The van der Waals surface area contributed by atoms with Crippen LogP contribution in [-0.2, 0) is 0 Å². The summed E-state index contributed by atoms with van der Waals surface area (Å²) in [5.41, 5.74) is 5.82. The molecule has 0 aliphatic carbocycles. The summed E-state index contributed by atoms with van der Waals surface area (Å²) in [7, 11) is 0. The third-order valence-corrected chi connectivity index (χ3v) is 2.57. The Balaban J connectivity index is 2.72. The van der Waals surface area contributed by atoms with Crippen LogP contribution >= 0.6 is 0 Å². The highest BCUT2D eigenvalue weighted by molar-refractivity contribution is 5.77. The van der Waals surface area contributed by atoms with Crippen molar-refractivity contribution in [1.29, 1.82) is 0 Å². The minimum absolute atomic E-state index is 0.00778. The van der Waals surface area contributed by atoms with Gasteiger partial charge in [0.15, 0.2) is 0 Å². The lowest BCUT2D eigenvalue weighted by molar-refractivity contribution is 0.583. The van der Waals surface area contributed by atoms with E-state index in [2.05, 4.69) is 0 Å². The van der Waals surface area contributed by atoms with Crippen molar-refractivity contribution >= 4 is 5.69 Å². The molecule has 0 aliphatic rings. The molecule has 0 radical (unpaired) electrons. The Morgan fingerprint density at radius 3 is 2.35 bits per heavy atom. The summed E-state index contributed by atoms with van der Waals surface area (Å²) in [6, 6.07) is 5.93. The van der Waals surface area contributed by atoms with Crippen LogP contribution in [-0.4, -0.2) is 0 Å². The molecule has 2 N–H and O–H groups in total. The van der Waals surface area contributed by atoms with Gasteiger partial charge < -0.3 is 5.73 Å². The largest absolute Gasteiger partial charge is 0.398 e. The van der Waals surface area contributed by atoms with Crippen molar-refractivity contribution in [3.63, 3.8) is 0 Å². The fourth-order valence-electron chi connectivity index (χ4n) is 1.66. The molecule has 17 heavy (non-hydrogen) atoms. The van der Waals surface area contributed by atoms with Crippen molar-refractivity contribution < 1.29 is 13.2 Å². The highest BCUT2D eigenvalue weighted by Crippen LogP contribution is 2.32. The lowest BCUT2D eigenvalue weighted by atomic mass is 10.0. The first-order chi connectivity index (χ1) is 8.00. The van der Waals surface area contributed by atoms with Gasteiger partial charge in [-0.25, -0.2) is 13.2 Å². The quantitative estimate of drug-likeness (QED) is 0.752. The molecule has 2 aromatic rings. The molecule has 4 heteroatoms. The van der Waals surface area contributed by atoms with Crippen molar-refractivity contribution in [1.82, 2.24) is 0 Å². The van der Waals surface area contributed by atoms with Gasteiger partial charge in [0, 0.05) is 11.3 Å². The molecule has 0 amide bonds. The maximum absolute atomic E-state index is 13.8. The first kappa shape index (κ1) is 11.5. The summed E-state index contributed by atoms with van der Waals surface area (Å²) in [5, 5.41) is 0. The fraction of sp³-hybridized carbons (Fsp3) is 0.0769. The average Bonchev–Trinajstić information content (AvgIpc) is 2.27. The monoisotopic (exact) mass is 237 g/mol. The number of halogens is 3. The van der Waals surface area contributed by atoms with Crippen molar-refractivity contribution in [2.75, 3.05) is 5.73 Å². The second-order valence-corrected chi connectivity index (χ2v) is 3.78. The topological polar surface area (TPSA) is 26.0 Å². The summed E-state index contributed by atoms with van der Waals surface area (Å²) >= 11 is 0. The molecular weight excluding hydrogens is 227 g/mol. The molecule has 2 aromatic carbocycles. The van der Waals surface area contributed by atoms with Gasteiger partial charge in [0.25, 0.3) is 0 Å². The zero-order valence-corrected chi connectivity index (χ0v) is 9.10. The predicted octanol–water partition coefficient (Wildman–Crippen LogP) is 3.66. The van der Waals surface area contributed by atoms with E-state index in [-0.39, 0.29) is 16.8 Å². The molecule has 2 rings (SSSR count). The number of anilines is 1. The Bertz CT molecular complexity index is 579. The van der Waals surface area contributed by atoms with Crippen molar-refractivity contribution in [2.45, 2.75) is 6.92 Å². The van der Waals surface area contributed by atoms with Crippen LogP contribution in [0.5, 0.6) is 0 Å². The Morgan fingerprint density at radius 2 is 1.71 bits per heavy atom. The van der Waals surface area contributed by atoms with Gasteiger partial charge in [0.1, 0.15) is 17.5 Å². The summed E-state index contributed by atoms with van der Waals surface area (Å²) in [5.74, 6) is -1.94. The molecule has 0 spiro atoms. The van der Waals surface area contributed by atoms with E-state index < -0.39 is 17.5 Å².